The average Bonchev–Trinajstić information content (AvgIpc) is 1.82. The molecule has 11 heavy (non-hydrogen) atoms. The monoisotopic (exact) mass is 232 g/mol. The number of hydrogen-bond acceptors (Lipinski definition) is 3. The maximum absolute atomic E-state index is 10.7. The minimum atomic E-state index is -0.297. The Balaban J connectivity index is 0. The summed E-state index contributed by atoms with van der Waals surface area (Å²) in [5.41, 5.74) is 0. The molecule has 0 heterocycles. The summed E-state index contributed by atoms with van der Waals surface area (Å²) < 4.78 is 4.73. The molecule has 3 nitrogen and oxygen atoms in total. The molecule has 0 aliphatic heterocycles. The van der Waals surface area contributed by atoms with Crippen LogP contribution in [0.5, 0.6) is 0 Å². The molecule has 0 unspecified atom stereocenters. The Hall–Kier alpha value is 0.404. The minimum absolute atomic E-state index is 0. The van der Waals surface area contributed by atoms with Crippen molar-refractivity contribution in [2.24, 2.45) is 0 Å². The molecule has 0 aliphatic rings. The Bertz CT molecular complexity index is 107. The van der Waals surface area contributed by atoms with E-state index in [9.17, 15) is 4.79 Å². The molecule has 0 aliphatic carbocycles. The van der Waals surface area contributed by atoms with Gasteiger partial charge < -0.3 is 10.1 Å². The summed E-state index contributed by atoms with van der Waals surface area (Å²) in [6.45, 7) is 4.03. The van der Waals surface area contributed by atoms with Crippen molar-refractivity contribution in [2.45, 2.75) is 13.8 Å². The molecule has 0 fully saturated rings. The third kappa shape index (κ3) is 10.4. The summed E-state index contributed by atoms with van der Waals surface area (Å²) in [5.74, 6) is -0.297. The van der Waals surface area contributed by atoms with Crippen LogP contribution in [0.25, 0.3) is 0 Å². The molecule has 0 saturated carbocycles. The predicted octanol–water partition coefficient (Wildman–Crippen LogP) is 0.523. The van der Waals surface area contributed by atoms with E-state index in [2.05, 4.69) is 5.32 Å². The van der Waals surface area contributed by atoms with Crippen molar-refractivity contribution in [3.8, 4) is 0 Å². The second kappa shape index (κ2) is 8.50. The van der Waals surface area contributed by atoms with Crippen LogP contribution in [-0.2, 0) is 42.2 Å². The standard InChI is InChI=1S/C7H13NO2.Y/c1-6(2)10-7(9)4-5-8-3;/h4,8H,5H2,1-3H3;/q-2;. The van der Waals surface area contributed by atoms with Gasteiger partial charge in [0.1, 0.15) is 5.97 Å². The van der Waals surface area contributed by atoms with Gasteiger partial charge in [-0.2, -0.15) is 20.0 Å². The SMILES string of the molecule is CNC[CH-]C(=O)O[C-](C)C.[Y]. The minimum Gasteiger partial charge on any atom is -0.656 e. The van der Waals surface area contributed by atoms with E-state index in [-0.39, 0.29) is 38.7 Å². The first-order valence-corrected chi connectivity index (χ1v) is 3.16. The van der Waals surface area contributed by atoms with Gasteiger partial charge in [0, 0.05) is 32.7 Å². The molecule has 0 spiro atoms. The zero-order chi connectivity index (χ0) is 7.98. The molecule has 0 rings (SSSR count). The molecule has 0 bridgehead atoms. The summed E-state index contributed by atoms with van der Waals surface area (Å²) in [5, 5.41) is 2.81. The first-order valence-electron chi connectivity index (χ1n) is 3.16. The molecule has 63 valence electrons. The fraction of sp³-hybridized carbons (Fsp3) is 0.571. The Morgan fingerprint density at radius 2 is 2.18 bits per heavy atom. The largest absolute Gasteiger partial charge is 0.656 e. The summed E-state index contributed by atoms with van der Waals surface area (Å²) >= 11 is 0. The third-order valence-corrected chi connectivity index (χ3v) is 0.778. The normalized spacial score (nSPS) is 8.73. The number of esters is 1. The molecule has 0 aromatic rings. The van der Waals surface area contributed by atoms with Gasteiger partial charge in [-0.15, -0.1) is 6.54 Å². The van der Waals surface area contributed by atoms with Crippen LogP contribution in [0, 0.1) is 12.5 Å². The molecular weight excluding hydrogens is 219 g/mol. The molecule has 0 aromatic carbocycles. The molecule has 0 amide bonds. The number of carbonyl (C=O) groups excluding carboxylic acids is 1. The van der Waals surface area contributed by atoms with Gasteiger partial charge in [-0.3, -0.25) is 11.2 Å². The zero-order valence-electron chi connectivity index (χ0n) is 7.18. The zero-order valence-corrected chi connectivity index (χ0v) is 10.0. The smallest absolute Gasteiger partial charge is 0.135 e. The first kappa shape index (κ1) is 14.0. The fourth-order valence-corrected chi connectivity index (χ4v) is 0.428. The van der Waals surface area contributed by atoms with Crippen LogP contribution in [-0.4, -0.2) is 19.6 Å². The van der Waals surface area contributed by atoms with Crippen molar-refractivity contribution < 1.29 is 42.2 Å². The third-order valence-electron chi connectivity index (χ3n) is 0.778. The van der Waals surface area contributed by atoms with Crippen molar-refractivity contribution in [1.82, 2.24) is 5.32 Å². The molecule has 0 saturated heterocycles. The average molecular weight is 232 g/mol. The Kier molecular flexibility index (Phi) is 10.8. The Morgan fingerprint density at radius 1 is 1.64 bits per heavy atom. The number of carbonyl (C=O) groups is 1. The van der Waals surface area contributed by atoms with Crippen LogP contribution < -0.4 is 5.32 Å². The molecule has 1 N–H and O–H groups in total. The van der Waals surface area contributed by atoms with Crippen LogP contribution in [0.15, 0.2) is 0 Å². The van der Waals surface area contributed by atoms with Gasteiger partial charge in [-0.1, -0.05) is 0 Å². The van der Waals surface area contributed by atoms with Crippen LogP contribution in [0.4, 0.5) is 0 Å². The predicted molar refractivity (Wildman–Crippen MR) is 38.9 cm³/mol. The van der Waals surface area contributed by atoms with Gasteiger partial charge in [0.05, 0.1) is 0 Å². The molecule has 0 atom stereocenters. The van der Waals surface area contributed by atoms with Gasteiger partial charge in [-0.05, 0) is 7.05 Å². The second-order valence-corrected chi connectivity index (χ2v) is 2.09. The van der Waals surface area contributed by atoms with Crippen LogP contribution in [0.3, 0.4) is 0 Å². The van der Waals surface area contributed by atoms with Gasteiger partial charge >= 0.3 is 0 Å². The number of rotatable bonds is 4. The number of hydrogen-bond donors (Lipinski definition) is 1. The fourth-order valence-electron chi connectivity index (χ4n) is 0.428. The molecular formula is C7H13NO2Y-2. The van der Waals surface area contributed by atoms with E-state index < -0.39 is 0 Å². The molecule has 1 radical (unpaired) electrons. The van der Waals surface area contributed by atoms with E-state index in [4.69, 9.17) is 4.74 Å². The van der Waals surface area contributed by atoms with Gasteiger partial charge in [-0.25, -0.2) is 0 Å². The molecule has 4 heteroatoms. The van der Waals surface area contributed by atoms with Crippen molar-refractivity contribution in [2.75, 3.05) is 13.6 Å². The van der Waals surface area contributed by atoms with E-state index in [0.29, 0.717) is 12.6 Å². The number of ether oxygens (including phenoxy) is 1. The van der Waals surface area contributed by atoms with Gasteiger partial charge in [0.2, 0.25) is 0 Å². The summed E-state index contributed by atoms with van der Waals surface area (Å²) in [7, 11) is 1.77. The summed E-state index contributed by atoms with van der Waals surface area (Å²) in [4.78, 5) is 10.7. The van der Waals surface area contributed by atoms with E-state index in [1.54, 1.807) is 20.9 Å². The van der Waals surface area contributed by atoms with E-state index in [1.165, 1.54) is 6.42 Å². The first-order chi connectivity index (χ1) is 4.66. The van der Waals surface area contributed by atoms with E-state index >= 15 is 0 Å². The Labute approximate surface area is 93.1 Å². The second-order valence-electron chi connectivity index (χ2n) is 2.09. The van der Waals surface area contributed by atoms with Gasteiger partial charge in [0.25, 0.3) is 0 Å². The van der Waals surface area contributed by atoms with Crippen LogP contribution in [0.2, 0.25) is 0 Å². The van der Waals surface area contributed by atoms with Gasteiger partial charge in [0.15, 0.2) is 0 Å². The van der Waals surface area contributed by atoms with Crippen molar-refractivity contribution in [3.63, 3.8) is 0 Å². The molecule has 0 aromatic heterocycles. The maximum Gasteiger partial charge on any atom is 0.135 e. The van der Waals surface area contributed by atoms with Crippen LogP contribution >= 0.6 is 0 Å². The topological polar surface area (TPSA) is 38.3 Å². The van der Waals surface area contributed by atoms with Crippen LogP contribution in [0.1, 0.15) is 13.8 Å². The van der Waals surface area contributed by atoms with E-state index in [1.807, 2.05) is 0 Å². The summed E-state index contributed by atoms with van der Waals surface area (Å²) in [6, 6.07) is 0. The van der Waals surface area contributed by atoms with Crippen molar-refractivity contribution >= 4 is 5.97 Å². The van der Waals surface area contributed by atoms with Crippen molar-refractivity contribution in [3.05, 3.63) is 12.5 Å². The summed E-state index contributed by atoms with van der Waals surface area (Å²) in [6.07, 6.45) is 2.12. The number of nitrogens with one attached hydrogen (secondary N) is 1. The maximum atomic E-state index is 10.7. The quantitative estimate of drug-likeness (QED) is 0.567. The van der Waals surface area contributed by atoms with E-state index in [0.717, 1.165) is 0 Å². The van der Waals surface area contributed by atoms with Crippen molar-refractivity contribution in [1.29, 1.82) is 0 Å². The Morgan fingerprint density at radius 3 is 2.55 bits per heavy atom.